The Morgan fingerprint density at radius 2 is 1.76 bits per heavy atom. The molecule has 2 rings (SSSR count). The van der Waals surface area contributed by atoms with Gasteiger partial charge in [-0.05, 0) is 25.2 Å². The molecule has 0 amide bonds. The minimum Gasteiger partial charge on any atom is -0.382 e. The molecule has 1 aromatic rings. The van der Waals surface area contributed by atoms with Crippen molar-refractivity contribution in [2.24, 2.45) is 0 Å². The fourth-order valence-corrected chi connectivity index (χ4v) is 2.63. The molecule has 1 saturated heterocycles. The number of nitrogens with zero attached hydrogens (tertiary/aromatic N) is 2. The standard InChI is InChI=1S/C16H27N3O2/c1-18-7-9-19(10-8-18)16-6-4-5-14(11-16)17-15(12-20-2)13-21-3/h4-6,11,15,17H,7-10,12-13H2,1-3H3. The molecule has 0 aliphatic carbocycles. The molecule has 0 spiro atoms. The van der Waals surface area contributed by atoms with E-state index in [2.05, 4.69) is 46.4 Å². The van der Waals surface area contributed by atoms with Crippen LogP contribution in [0.3, 0.4) is 0 Å². The van der Waals surface area contributed by atoms with Crippen molar-refractivity contribution in [3.05, 3.63) is 24.3 Å². The lowest BCUT2D eigenvalue weighted by atomic mass is 10.2. The Labute approximate surface area is 127 Å². The Bertz CT molecular complexity index is 414. The van der Waals surface area contributed by atoms with Gasteiger partial charge >= 0.3 is 0 Å². The molecular weight excluding hydrogens is 266 g/mol. The van der Waals surface area contributed by atoms with Crippen LogP contribution in [0.1, 0.15) is 0 Å². The number of ether oxygens (including phenoxy) is 2. The van der Waals surface area contributed by atoms with E-state index in [0.717, 1.165) is 31.9 Å². The van der Waals surface area contributed by atoms with Crippen molar-refractivity contribution < 1.29 is 9.47 Å². The summed E-state index contributed by atoms with van der Waals surface area (Å²) in [5.41, 5.74) is 2.40. The second-order valence-corrected chi connectivity index (χ2v) is 5.59. The van der Waals surface area contributed by atoms with Crippen molar-refractivity contribution >= 4 is 11.4 Å². The maximum absolute atomic E-state index is 5.23. The molecular formula is C16H27N3O2. The van der Waals surface area contributed by atoms with E-state index in [0.29, 0.717) is 13.2 Å². The fraction of sp³-hybridized carbons (Fsp3) is 0.625. The highest BCUT2D eigenvalue weighted by atomic mass is 16.5. The van der Waals surface area contributed by atoms with Crippen LogP contribution < -0.4 is 10.2 Å². The third-order valence-corrected chi connectivity index (χ3v) is 3.82. The summed E-state index contributed by atoms with van der Waals surface area (Å²) in [5.74, 6) is 0. The number of nitrogens with one attached hydrogen (secondary N) is 1. The Kier molecular flexibility index (Phi) is 6.29. The van der Waals surface area contributed by atoms with Crippen LogP contribution in [0.2, 0.25) is 0 Å². The van der Waals surface area contributed by atoms with Crippen LogP contribution in [0.25, 0.3) is 0 Å². The van der Waals surface area contributed by atoms with Gasteiger partial charge in [-0.3, -0.25) is 0 Å². The van der Waals surface area contributed by atoms with Crippen LogP contribution in [0.5, 0.6) is 0 Å². The highest BCUT2D eigenvalue weighted by Gasteiger charge is 2.15. The molecule has 1 aromatic carbocycles. The van der Waals surface area contributed by atoms with Gasteiger partial charge in [0.15, 0.2) is 0 Å². The first-order chi connectivity index (χ1) is 10.2. The molecule has 0 atom stereocenters. The van der Waals surface area contributed by atoms with Crippen molar-refractivity contribution in [2.75, 3.05) is 70.9 Å². The largest absolute Gasteiger partial charge is 0.382 e. The van der Waals surface area contributed by atoms with Gasteiger partial charge in [-0.15, -0.1) is 0 Å². The van der Waals surface area contributed by atoms with Crippen LogP contribution in [0.4, 0.5) is 11.4 Å². The molecule has 0 saturated carbocycles. The number of piperazine rings is 1. The Hall–Kier alpha value is -1.30. The highest BCUT2D eigenvalue weighted by Crippen LogP contribution is 2.21. The van der Waals surface area contributed by atoms with Gasteiger partial charge in [-0.2, -0.15) is 0 Å². The SMILES string of the molecule is COCC(COC)Nc1cccc(N2CCN(C)CC2)c1. The summed E-state index contributed by atoms with van der Waals surface area (Å²) >= 11 is 0. The number of benzene rings is 1. The lowest BCUT2D eigenvalue weighted by molar-refractivity contribution is 0.126. The van der Waals surface area contributed by atoms with Crippen LogP contribution in [0.15, 0.2) is 24.3 Å². The fourth-order valence-electron chi connectivity index (χ4n) is 2.63. The third-order valence-electron chi connectivity index (χ3n) is 3.82. The molecule has 118 valence electrons. The third kappa shape index (κ3) is 4.88. The molecule has 21 heavy (non-hydrogen) atoms. The van der Waals surface area contributed by atoms with Crippen molar-refractivity contribution in [3.63, 3.8) is 0 Å². The van der Waals surface area contributed by atoms with Crippen LogP contribution >= 0.6 is 0 Å². The zero-order valence-corrected chi connectivity index (χ0v) is 13.3. The second-order valence-electron chi connectivity index (χ2n) is 5.59. The normalized spacial score (nSPS) is 16.5. The smallest absolute Gasteiger partial charge is 0.0728 e. The van der Waals surface area contributed by atoms with Crippen LogP contribution in [-0.4, -0.2) is 71.6 Å². The Morgan fingerprint density at radius 3 is 2.38 bits per heavy atom. The van der Waals surface area contributed by atoms with Gasteiger partial charge in [-0.25, -0.2) is 0 Å². The van der Waals surface area contributed by atoms with E-state index >= 15 is 0 Å². The maximum Gasteiger partial charge on any atom is 0.0728 e. The van der Waals surface area contributed by atoms with Gasteiger partial charge in [0.05, 0.1) is 19.3 Å². The van der Waals surface area contributed by atoms with Gasteiger partial charge in [0.2, 0.25) is 0 Å². The van der Waals surface area contributed by atoms with Crippen molar-refractivity contribution in [1.29, 1.82) is 0 Å². The molecule has 1 fully saturated rings. The van der Waals surface area contributed by atoms with Gasteiger partial charge in [0, 0.05) is 51.8 Å². The molecule has 1 aliphatic rings. The predicted octanol–water partition coefficient (Wildman–Crippen LogP) is 1.51. The van der Waals surface area contributed by atoms with Gasteiger partial charge in [0.1, 0.15) is 0 Å². The van der Waals surface area contributed by atoms with Crippen LogP contribution in [-0.2, 0) is 9.47 Å². The van der Waals surface area contributed by atoms with E-state index < -0.39 is 0 Å². The van der Waals surface area contributed by atoms with E-state index in [1.54, 1.807) is 14.2 Å². The maximum atomic E-state index is 5.23. The summed E-state index contributed by atoms with van der Waals surface area (Å²) in [7, 11) is 5.60. The number of likely N-dealkylation sites (N-methyl/N-ethyl adjacent to an activating group) is 1. The number of hydrogen-bond donors (Lipinski definition) is 1. The van der Waals surface area contributed by atoms with E-state index in [9.17, 15) is 0 Å². The minimum atomic E-state index is 0.169. The lowest BCUT2D eigenvalue weighted by Crippen LogP contribution is -2.44. The summed E-state index contributed by atoms with van der Waals surface area (Å²) in [5, 5.41) is 3.48. The topological polar surface area (TPSA) is 37.0 Å². The number of rotatable bonds is 7. The number of anilines is 2. The molecule has 1 heterocycles. The molecule has 5 nitrogen and oxygen atoms in total. The Morgan fingerprint density at radius 1 is 1.10 bits per heavy atom. The molecule has 0 aromatic heterocycles. The predicted molar refractivity (Wildman–Crippen MR) is 87.3 cm³/mol. The van der Waals surface area contributed by atoms with E-state index in [4.69, 9.17) is 9.47 Å². The molecule has 0 unspecified atom stereocenters. The Balaban J connectivity index is 1.99. The molecule has 5 heteroatoms. The molecule has 1 aliphatic heterocycles. The monoisotopic (exact) mass is 293 g/mol. The first kappa shape index (κ1) is 16.1. The van der Waals surface area contributed by atoms with E-state index in [1.165, 1.54) is 5.69 Å². The summed E-state index contributed by atoms with van der Waals surface area (Å²) in [6.45, 7) is 5.67. The second kappa shape index (κ2) is 8.22. The van der Waals surface area contributed by atoms with Crippen molar-refractivity contribution in [2.45, 2.75) is 6.04 Å². The average Bonchev–Trinajstić information content (AvgIpc) is 2.49. The van der Waals surface area contributed by atoms with E-state index in [1.807, 2.05) is 0 Å². The molecule has 1 N–H and O–H groups in total. The quantitative estimate of drug-likeness (QED) is 0.825. The minimum absolute atomic E-state index is 0.169. The van der Waals surface area contributed by atoms with Crippen molar-refractivity contribution in [3.8, 4) is 0 Å². The molecule has 0 bridgehead atoms. The zero-order valence-electron chi connectivity index (χ0n) is 13.3. The summed E-state index contributed by atoms with van der Waals surface area (Å²) in [4.78, 5) is 4.80. The van der Waals surface area contributed by atoms with Crippen molar-refractivity contribution in [1.82, 2.24) is 4.90 Å². The summed E-state index contributed by atoms with van der Waals surface area (Å²) < 4.78 is 10.5. The van der Waals surface area contributed by atoms with Gasteiger partial charge in [-0.1, -0.05) is 6.07 Å². The van der Waals surface area contributed by atoms with Gasteiger partial charge in [0.25, 0.3) is 0 Å². The summed E-state index contributed by atoms with van der Waals surface area (Å²) in [6.07, 6.45) is 0. The van der Waals surface area contributed by atoms with E-state index in [-0.39, 0.29) is 6.04 Å². The van der Waals surface area contributed by atoms with Crippen LogP contribution in [0, 0.1) is 0 Å². The lowest BCUT2D eigenvalue weighted by Gasteiger charge is -2.34. The first-order valence-corrected chi connectivity index (χ1v) is 7.51. The van der Waals surface area contributed by atoms with Gasteiger partial charge < -0.3 is 24.6 Å². The zero-order chi connectivity index (χ0) is 15.1. The summed E-state index contributed by atoms with van der Waals surface area (Å²) in [6, 6.07) is 8.76. The number of hydrogen-bond acceptors (Lipinski definition) is 5. The average molecular weight is 293 g/mol. The molecule has 0 radical (unpaired) electrons. The first-order valence-electron chi connectivity index (χ1n) is 7.51. The highest BCUT2D eigenvalue weighted by molar-refractivity contribution is 5.58. The number of methoxy groups -OCH3 is 2.